The quantitative estimate of drug-likeness (QED) is 0.837. The number of aromatic nitrogens is 2. The predicted molar refractivity (Wildman–Crippen MR) is 89.2 cm³/mol. The number of hydrogen-bond donors (Lipinski definition) is 0. The Hall–Kier alpha value is -1.88. The van der Waals surface area contributed by atoms with Gasteiger partial charge in [-0.25, -0.2) is 0 Å². The van der Waals surface area contributed by atoms with Crippen LogP contribution in [0.1, 0.15) is 56.3 Å². The second kappa shape index (κ2) is 6.20. The van der Waals surface area contributed by atoms with Crippen LogP contribution in [0.15, 0.2) is 28.8 Å². The van der Waals surface area contributed by atoms with E-state index in [1.807, 2.05) is 26.0 Å². The second-order valence-electron chi connectivity index (χ2n) is 7.27. The zero-order valence-corrected chi connectivity index (χ0v) is 14.3. The molecule has 2 aromatic rings. The summed E-state index contributed by atoms with van der Waals surface area (Å²) >= 11 is 0. The third kappa shape index (κ3) is 3.18. The lowest BCUT2D eigenvalue weighted by Crippen LogP contribution is -2.18. The van der Waals surface area contributed by atoms with Gasteiger partial charge in [0.25, 0.3) is 0 Å². The van der Waals surface area contributed by atoms with E-state index in [1.165, 1.54) is 6.42 Å². The van der Waals surface area contributed by atoms with Crippen LogP contribution in [0.2, 0.25) is 0 Å². The zero-order valence-electron chi connectivity index (χ0n) is 14.3. The Bertz CT molecular complexity index is 687. The number of hydrogen-bond acceptors (Lipinski definition) is 5. The van der Waals surface area contributed by atoms with Gasteiger partial charge in [0, 0.05) is 25.6 Å². The summed E-state index contributed by atoms with van der Waals surface area (Å²) in [5.74, 6) is 2.90. The number of benzene rings is 1. The first kappa shape index (κ1) is 15.6. The third-order valence-corrected chi connectivity index (χ3v) is 5.12. The summed E-state index contributed by atoms with van der Waals surface area (Å²) in [6, 6.07) is 8.11. The molecule has 4 rings (SSSR count). The van der Waals surface area contributed by atoms with Crippen LogP contribution < -0.4 is 4.74 Å². The van der Waals surface area contributed by atoms with Crippen molar-refractivity contribution in [1.82, 2.24) is 10.1 Å². The third-order valence-electron chi connectivity index (χ3n) is 5.12. The van der Waals surface area contributed by atoms with E-state index in [1.54, 1.807) is 0 Å². The number of rotatable bonds is 5. The summed E-state index contributed by atoms with van der Waals surface area (Å²) < 4.78 is 16.7. The van der Waals surface area contributed by atoms with E-state index in [9.17, 15) is 0 Å². The highest BCUT2D eigenvalue weighted by molar-refractivity contribution is 5.29. The van der Waals surface area contributed by atoms with Gasteiger partial charge in [0.15, 0.2) is 5.82 Å². The average molecular weight is 328 g/mol. The van der Waals surface area contributed by atoms with Crippen LogP contribution in [0.25, 0.3) is 0 Å². The van der Waals surface area contributed by atoms with Crippen molar-refractivity contribution >= 4 is 0 Å². The molecule has 0 bridgehead atoms. The monoisotopic (exact) mass is 328 g/mol. The maximum atomic E-state index is 5.67. The smallest absolute Gasteiger partial charge is 0.230 e. The Morgan fingerprint density at radius 2 is 1.96 bits per heavy atom. The molecule has 1 spiro atoms. The minimum Gasteiger partial charge on any atom is -0.491 e. The molecule has 24 heavy (non-hydrogen) atoms. The Kier molecular flexibility index (Phi) is 4.04. The molecular weight excluding hydrogens is 304 g/mol. The normalized spacial score (nSPS) is 22.0. The lowest BCUT2D eigenvalue weighted by Gasteiger charge is -2.21. The minimum absolute atomic E-state index is 0.187. The molecule has 2 aliphatic rings. The van der Waals surface area contributed by atoms with E-state index >= 15 is 0 Å². The summed E-state index contributed by atoms with van der Waals surface area (Å²) in [4.78, 5) is 4.64. The second-order valence-corrected chi connectivity index (χ2v) is 7.27. The highest BCUT2D eigenvalue weighted by atomic mass is 16.5. The van der Waals surface area contributed by atoms with E-state index in [4.69, 9.17) is 14.0 Å². The van der Waals surface area contributed by atoms with Gasteiger partial charge in [-0.1, -0.05) is 17.3 Å². The zero-order chi connectivity index (χ0) is 16.6. The Morgan fingerprint density at radius 3 is 2.67 bits per heavy atom. The fourth-order valence-electron chi connectivity index (χ4n) is 3.65. The molecule has 2 fully saturated rings. The Labute approximate surface area is 142 Å². The average Bonchev–Trinajstić information content (AvgIpc) is 3.04. The van der Waals surface area contributed by atoms with Crippen LogP contribution in [0.5, 0.6) is 5.75 Å². The molecule has 5 nitrogen and oxygen atoms in total. The van der Waals surface area contributed by atoms with Gasteiger partial charge in [-0.15, -0.1) is 0 Å². The summed E-state index contributed by atoms with van der Waals surface area (Å²) in [6.45, 7) is 5.78. The molecular formula is C19H24N2O3. The molecule has 1 aliphatic carbocycles. The number of nitrogens with zero attached hydrogens (tertiary/aromatic N) is 2. The minimum atomic E-state index is 0.187. The van der Waals surface area contributed by atoms with Gasteiger partial charge in [-0.3, -0.25) is 0 Å². The van der Waals surface area contributed by atoms with Crippen molar-refractivity contribution in [1.29, 1.82) is 0 Å². The van der Waals surface area contributed by atoms with Gasteiger partial charge in [0.05, 0.1) is 6.10 Å². The summed E-state index contributed by atoms with van der Waals surface area (Å²) in [5, 5.41) is 4.17. The van der Waals surface area contributed by atoms with Gasteiger partial charge in [0.1, 0.15) is 5.75 Å². The van der Waals surface area contributed by atoms with Crippen LogP contribution in [-0.4, -0.2) is 29.5 Å². The molecule has 0 amide bonds. The fourth-order valence-corrected chi connectivity index (χ4v) is 3.65. The maximum Gasteiger partial charge on any atom is 0.230 e. The lowest BCUT2D eigenvalue weighted by atomic mass is 9.94. The van der Waals surface area contributed by atoms with Crippen molar-refractivity contribution in [2.75, 3.05) is 13.2 Å². The van der Waals surface area contributed by atoms with E-state index in [-0.39, 0.29) is 6.10 Å². The largest absolute Gasteiger partial charge is 0.491 e. The molecule has 128 valence electrons. The van der Waals surface area contributed by atoms with Crippen molar-refractivity contribution < 1.29 is 14.0 Å². The van der Waals surface area contributed by atoms with Crippen LogP contribution in [0.4, 0.5) is 0 Å². The molecule has 1 unspecified atom stereocenters. The summed E-state index contributed by atoms with van der Waals surface area (Å²) in [5.41, 5.74) is 1.53. The molecule has 0 radical (unpaired) electrons. The molecule has 1 aliphatic heterocycles. The Morgan fingerprint density at radius 1 is 1.21 bits per heavy atom. The molecule has 1 saturated carbocycles. The van der Waals surface area contributed by atoms with E-state index in [0.29, 0.717) is 17.8 Å². The molecule has 2 heterocycles. The molecule has 1 saturated heterocycles. The highest BCUT2D eigenvalue weighted by Gasteiger charge is 2.57. The van der Waals surface area contributed by atoms with E-state index in [0.717, 1.165) is 49.1 Å². The van der Waals surface area contributed by atoms with Gasteiger partial charge in [0.2, 0.25) is 5.89 Å². The van der Waals surface area contributed by atoms with Crippen LogP contribution in [0, 0.1) is 5.41 Å². The Balaban J connectivity index is 1.39. The summed E-state index contributed by atoms with van der Waals surface area (Å²) in [6.07, 6.45) is 4.28. The summed E-state index contributed by atoms with van der Waals surface area (Å²) in [7, 11) is 0. The molecule has 1 atom stereocenters. The van der Waals surface area contributed by atoms with Crippen molar-refractivity contribution in [2.24, 2.45) is 5.41 Å². The topological polar surface area (TPSA) is 57.4 Å². The van der Waals surface area contributed by atoms with Gasteiger partial charge in [-0.05, 0) is 56.2 Å². The molecule has 0 N–H and O–H groups in total. The van der Waals surface area contributed by atoms with Crippen LogP contribution in [0.3, 0.4) is 0 Å². The van der Waals surface area contributed by atoms with Crippen LogP contribution in [-0.2, 0) is 11.2 Å². The van der Waals surface area contributed by atoms with E-state index < -0.39 is 0 Å². The fraction of sp³-hybridized carbons (Fsp3) is 0.579. The molecule has 1 aromatic heterocycles. The van der Waals surface area contributed by atoms with Gasteiger partial charge < -0.3 is 14.0 Å². The van der Waals surface area contributed by atoms with Crippen LogP contribution >= 0.6 is 0 Å². The SMILES string of the molecule is CC(C)Oc1ccc(Cc2noc(C3CC34CCOCC4)n2)cc1. The maximum absolute atomic E-state index is 5.67. The highest BCUT2D eigenvalue weighted by Crippen LogP contribution is 2.64. The molecule has 5 heteroatoms. The standard InChI is InChI=1S/C19H24N2O3/c1-13(2)23-15-5-3-14(4-6-15)11-17-20-18(24-21-17)16-12-19(16)7-9-22-10-8-19/h3-6,13,16H,7-12H2,1-2H3. The lowest BCUT2D eigenvalue weighted by molar-refractivity contribution is 0.0544. The first-order chi connectivity index (χ1) is 11.6. The van der Waals surface area contributed by atoms with E-state index in [2.05, 4.69) is 22.3 Å². The van der Waals surface area contributed by atoms with Crippen molar-refractivity contribution in [3.05, 3.63) is 41.5 Å². The first-order valence-corrected chi connectivity index (χ1v) is 8.80. The first-order valence-electron chi connectivity index (χ1n) is 8.80. The van der Waals surface area contributed by atoms with Crippen molar-refractivity contribution in [3.8, 4) is 5.75 Å². The predicted octanol–water partition coefficient (Wildman–Crippen LogP) is 3.73. The number of ether oxygens (including phenoxy) is 2. The van der Waals surface area contributed by atoms with Gasteiger partial charge >= 0.3 is 0 Å². The molecule has 1 aromatic carbocycles. The van der Waals surface area contributed by atoms with Gasteiger partial charge in [-0.2, -0.15) is 4.98 Å². The van der Waals surface area contributed by atoms with Crippen molar-refractivity contribution in [2.45, 2.75) is 51.6 Å². The van der Waals surface area contributed by atoms with Crippen molar-refractivity contribution in [3.63, 3.8) is 0 Å².